The number of aromatic nitrogens is 1. The van der Waals surface area contributed by atoms with Gasteiger partial charge in [-0.3, -0.25) is 14.2 Å². The Balaban J connectivity index is 2.17. The van der Waals surface area contributed by atoms with E-state index in [1.807, 2.05) is 24.3 Å². The van der Waals surface area contributed by atoms with Gasteiger partial charge in [0.25, 0.3) is 5.91 Å². The molecular formula is C16H14N4O2. The number of nitrogens with zero attached hydrogens (tertiary/aromatic N) is 3. The lowest BCUT2D eigenvalue weighted by Gasteiger charge is -1.96. The van der Waals surface area contributed by atoms with Crippen molar-refractivity contribution < 1.29 is 9.59 Å². The summed E-state index contributed by atoms with van der Waals surface area (Å²) in [6, 6.07) is 9.32. The largest absolute Gasteiger partial charge is 0.287 e. The van der Waals surface area contributed by atoms with Crippen molar-refractivity contribution in [2.24, 2.45) is 5.10 Å². The van der Waals surface area contributed by atoms with Gasteiger partial charge in [0.15, 0.2) is 0 Å². The summed E-state index contributed by atoms with van der Waals surface area (Å²) in [4.78, 5) is 22.6. The topological polar surface area (TPSA) is 87.2 Å². The number of rotatable bonds is 4. The molecule has 2 aromatic rings. The van der Waals surface area contributed by atoms with E-state index < -0.39 is 5.91 Å². The summed E-state index contributed by atoms with van der Waals surface area (Å²) in [6.07, 6.45) is 6.38. The van der Waals surface area contributed by atoms with E-state index >= 15 is 0 Å². The molecular weight excluding hydrogens is 280 g/mol. The third-order valence-electron chi connectivity index (χ3n) is 2.95. The smallest absolute Gasteiger partial charge is 0.254 e. The maximum Gasteiger partial charge on any atom is 0.254 e. The highest BCUT2D eigenvalue weighted by atomic mass is 16.2. The van der Waals surface area contributed by atoms with Crippen LogP contribution in [0.4, 0.5) is 0 Å². The van der Waals surface area contributed by atoms with E-state index in [1.54, 1.807) is 29.0 Å². The molecule has 0 aliphatic rings. The van der Waals surface area contributed by atoms with E-state index in [2.05, 4.69) is 10.5 Å². The van der Waals surface area contributed by atoms with E-state index in [9.17, 15) is 9.59 Å². The van der Waals surface area contributed by atoms with Crippen LogP contribution < -0.4 is 5.43 Å². The first-order valence-corrected chi connectivity index (χ1v) is 6.60. The molecule has 0 saturated heterocycles. The normalized spacial score (nSPS) is 11.1. The van der Waals surface area contributed by atoms with Crippen molar-refractivity contribution in [2.45, 2.75) is 13.3 Å². The lowest BCUT2D eigenvalue weighted by molar-refractivity contribution is -0.120. The second-order valence-corrected chi connectivity index (χ2v) is 4.50. The van der Waals surface area contributed by atoms with Crippen molar-refractivity contribution in [1.29, 1.82) is 5.26 Å². The van der Waals surface area contributed by atoms with Crippen molar-refractivity contribution in [2.75, 3.05) is 0 Å². The second-order valence-electron chi connectivity index (χ2n) is 4.50. The van der Waals surface area contributed by atoms with Gasteiger partial charge >= 0.3 is 0 Å². The highest BCUT2D eigenvalue weighted by Crippen LogP contribution is 2.22. The first-order valence-electron chi connectivity index (χ1n) is 6.60. The van der Waals surface area contributed by atoms with Gasteiger partial charge in [0.2, 0.25) is 5.91 Å². The average molecular weight is 294 g/mol. The van der Waals surface area contributed by atoms with E-state index in [4.69, 9.17) is 5.26 Å². The van der Waals surface area contributed by atoms with E-state index in [1.165, 1.54) is 13.1 Å². The summed E-state index contributed by atoms with van der Waals surface area (Å²) in [6.45, 7) is 1.51. The Bertz CT molecular complexity index is 809. The molecule has 0 saturated carbocycles. The van der Waals surface area contributed by atoms with Crippen LogP contribution >= 0.6 is 0 Å². The van der Waals surface area contributed by atoms with Gasteiger partial charge in [-0.05, 0) is 12.1 Å². The number of hydrazone groups is 1. The van der Waals surface area contributed by atoms with Crippen molar-refractivity contribution in [3.05, 3.63) is 42.1 Å². The molecule has 22 heavy (non-hydrogen) atoms. The van der Waals surface area contributed by atoms with Crippen LogP contribution in [0.25, 0.3) is 17.0 Å². The van der Waals surface area contributed by atoms with Crippen molar-refractivity contribution in [3.63, 3.8) is 0 Å². The molecule has 1 amide bonds. The summed E-state index contributed by atoms with van der Waals surface area (Å²) in [5.74, 6) is -0.520. The van der Waals surface area contributed by atoms with E-state index in [0.29, 0.717) is 0 Å². The van der Waals surface area contributed by atoms with Crippen molar-refractivity contribution in [1.82, 2.24) is 9.99 Å². The summed E-state index contributed by atoms with van der Waals surface area (Å²) < 4.78 is 1.58. The summed E-state index contributed by atoms with van der Waals surface area (Å²) in [5.41, 5.74) is 3.95. The molecule has 6 nitrogen and oxygen atoms in total. The Hall–Kier alpha value is -3.20. The molecule has 6 heteroatoms. The average Bonchev–Trinajstić information content (AvgIpc) is 2.86. The fourth-order valence-corrected chi connectivity index (χ4v) is 2.01. The Kier molecular flexibility index (Phi) is 4.83. The summed E-state index contributed by atoms with van der Waals surface area (Å²) in [7, 11) is 0. The lowest BCUT2D eigenvalue weighted by atomic mass is 10.1. The maximum absolute atomic E-state index is 11.6. The molecule has 0 fully saturated rings. The number of para-hydroxylation sites is 1. The SMILES string of the molecule is CC(=O)n1cc(/C=C/C=N\NC(=O)CC#N)c2ccccc21. The molecule has 1 heterocycles. The predicted molar refractivity (Wildman–Crippen MR) is 84.1 cm³/mol. The highest BCUT2D eigenvalue weighted by Gasteiger charge is 2.07. The van der Waals surface area contributed by atoms with Crippen LogP contribution in [0.5, 0.6) is 0 Å². The maximum atomic E-state index is 11.6. The number of fused-ring (bicyclic) bond motifs is 1. The highest BCUT2D eigenvalue weighted by molar-refractivity contribution is 5.98. The molecule has 0 aliphatic heterocycles. The number of carbonyl (C=O) groups is 2. The zero-order valence-corrected chi connectivity index (χ0v) is 12.0. The molecule has 2 rings (SSSR count). The number of allylic oxidation sites excluding steroid dienone is 1. The van der Waals surface area contributed by atoms with Gasteiger partial charge in [0.1, 0.15) is 6.42 Å². The molecule has 0 spiro atoms. The Morgan fingerprint density at radius 1 is 1.41 bits per heavy atom. The zero-order valence-electron chi connectivity index (χ0n) is 12.0. The Morgan fingerprint density at radius 3 is 2.91 bits per heavy atom. The van der Waals surface area contributed by atoms with Crippen molar-refractivity contribution in [3.8, 4) is 6.07 Å². The van der Waals surface area contributed by atoms with Gasteiger partial charge < -0.3 is 0 Å². The molecule has 1 N–H and O–H groups in total. The fourth-order valence-electron chi connectivity index (χ4n) is 2.01. The van der Waals surface area contributed by atoms with E-state index in [0.717, 1.165) is 16.5 Å². The number of nitriles is 1. The molecule has 0 radical (unpaired) electrons. The monoisotopic (exact) mass is 294 g/mol. The lowest BCUT2D eigenvalue weighted by Crippen LogP contribution is -2.15. The molecule has 0 atom stereocenters. The van der Waals surface area contributed by atoms with Crippen LogP contribution in [-0.2, 0) is 4.79 Å². The van der Waals surface area contributed by atoms with Crippen LogP contribution in [0.2, 0.25) is 0 Å². The minimum Gasteiger partial charge on any atom is -0.287 e. The molecule has 0 bridgehead atoms. The van der Waals surface area contributed by atoms with Crippen LogP contribution in [0.15, 0.2) is 41.6 Å². The Morgan fingerprint density at radius 2 is 2.18 bits per heavy atom. The molecule has 1 aromatic heterocycles. The third kappa shape index (κ3) is 3.46. The van der Waals surface area contributed by atoms with Crippen LogP contribution in [0.1, 0.15) is 23.7 Å². The number of amides is 1. The molecule has 0 unspecified atom stereocenters. The first kappa shape index (κ1) is 15.2. The second kappa shape index (κ2) is 6.99. The number of hydrogen-bond donors (Lipinski definition) is 1. The quantitative estimate of drug-likeness (QED) is 0.693. The minimum absolute atomic E-state index is 0.0618. The standard InChI is InChI=1S/C16H14N4O2/c1-12(21)20-11-13(14-6-2-3-7-15(14)20)5-4-10-18-19-16(22)8-9-17/h2-7,10-11H,8H2,1H3,(H,19,22)/b5-4+,18-10-. The van der Waals surface area contributed by atoms with Gasteiger partial charge in [0, 0.05) is 30.3 Å². The number of hydrogen-bond acceptors (Lipinski definition) is 4. The molecule has 1 aromatic carbocycles. The number of benzene rings is 1. The van der Waals surface area contributed by atoms with E-state index in [-0.39, 0.29) is 12.3 Å². The summed E-state index contributed by atoms with van der Waals surface area (Å²) >= 11 is 0. The van der Waals surface area contributed by atoms with Gasteiger partial charge in [-0.1, -0.05) is 24.3 Å². The zero-order chi connectivity index (χ0) is 15.9. The summed E-state index contributed by atoms with van der Waals surface area (Å²) in [5, 5.41) is 13.0. The minimum atomic E-state index is -0.458. The van der Waals surface area contributed by atoms with Crippen molar-refractivity contribution >= 4 is 35.0 Å². The van der Waals surface area contributed by atoms with Gasteiger partial charge in [-0.25, -0.2) is 5.43 Å². The van der Waals surface area contributed by atoms with Gasteiger partial charge in [-0.2, -0.15) is 10.4 Å². The van der Waals surface area contributed by atoms with Gasteiger partial charge in [0.05, 0.1) is 11.6 Å². The van der Waals surface area contributed by atoms with Crippen LogP contribution in [0, 0.1) is 11.3 Å². The van der Waals surface area contributed by atoms with Crippen LogP contribution in [-0.4, -0.2) is 22.6 Å². The molecule has 0 aliphatic carbocycles. The number of nitrogens with one attached hydrogen (secondary N) is 1. The third-order valence-corrected chi connectivity index (χ3v) is 2.95. The Labute approximate surface area is 127 Å². The number of carbonyl (C=O) groups excluding carboxylic acids is 2. The first-order chi connectivity index (χ1) is 10.6. The fraction of sp³-hybridized carbons (Fsp3) is 0.125. The predicted octanol–water partition coefficient (Wildman–Crippen LogP) is 2.33. The van der Waals surface area contributed by atoms with Gasteiger partial charge in [-0.15, -0.1) is 0 Å². The molecule has 110 valence electrons. The van der Waals surface area contributed by atoms with Crippen LogP contribution in [0.3, 0.4) is 0 Å².